The molecule has 0 aliphatic heterocycles. The second kappa shape index (κ2) is 4.23. The van der Waals surface area contributed by atoms with Gasteiger partial charge in [-0.15, -0.1) is 11.6 Å². The minimum Gasteiger partial charge on any atom is -0.394 e. The molecule has 1 rings (SSSR count). The van der Waals surface area contributed by atoms with Gasteiger partial charge in [0.1, 0.15) is 17.3 Å². The first-order chi connectivity index (χ1) is 6.15. The molecule has 1 aromatic rings. The lowest BCUT2D eigenvalue weighted by atomic mass is 10.2. The summed E-state index contributed by atoms with van der Waals surface area (Å²) < 4.78 is 25.7. The number of anilines is 1. The summed E-state index contributed by atoms with van der Waals surface area (Å²) in [7, 11) is 0. The molecule has 0 spiro atoms. The van der Waals surface area contributed by atoms with E-state index in [4.69, 9.17) is 17.3 Å². The number of hydrogen-bond donors (Lipinski definition) is 1. The Bertz CT molecular complexity index is 313. The molecule has 2 N–H and O–H groups in total. The molecular formula is C9H8ClF2N. The second-order valence-corrected chi connectivity index (χ2v) is 2.76. The minimum absolute atomic E-state index is 0.299. The van der Waals surface area contributed by atoms with Crippen LogP contribution in [0.25, 0.3) is 6.08 Å². The predicted octanol–water partition coefficient (Wildman–Crippen LogP) is 2.80. The van der Waals surface area contributed by atoms with Gasteiger partial charge in [-0.1, -0.05) is 12.2 Å². The van der Waals surface area contributed by atoms with Gasteiger partial charge in [0.2, 0.25) is 0 Å². The van der Waals surface area contributed by atoms with Gasteiger partial charge in [0.15, 0.2) is 0 Å². The van der Waals surface area contributed by atoms with Crippen LogP contribution in [0.15, 0.2) is 18.2 Å². The van der Waals surface area contributed by atoms with Crippen LogP contribution in [-0.4, -0.2) is 5.88 Å². The molecule has 0 amide bonds. The quantitative estimate of drug-likeness (QED) is 0.581. The number of nitrogen functional groups attached to an aromatic ring is 1. The highest BCUT2D eigenvalue weighted by Crippen LogP contribution is 2.17. The van der Waals surface area contributed by atoms with Crippen molar-refractivity contribution in [1.29, 1.82) is 0 Å². The Kier molecular flexibility index (Phi) is 3.25. The molecule has 0 aromatic heterocycles. The lowest BCUT2D eigenvalue weighted by molar-refractivity contribution is 0.591. The van der Waals surface area contributed by atoms with E-state index in [0.29, 0.717) is 11.4 Å². The number of alkyl halides is 1. The van der Waals surface area contributed by atoms with Crippen molar-refractivity contribution in [3.05, 3.63) is 35.4 Å². The van der Waals surface area contributed by atoms with Crippen molar-refractivity contribution in [3.63, 3.8) is 0 Å². The zero-order chi connectivity index (χ0) is 9.84. The van der Waals surface area contributed by atoms with Gasteiger partial charge in [-0.05, 0) is 17.7 Å². The second-order valence-electron chi connectivity index (χ2n) is 2.45. The normalized spacial score (nSPS) is 11.0. The van der Waals surface area contributed by atoms with Gasteiger partial charge in [-0.25, -0.2) is 8.78 Å². The van der Waals surface area contributed by atoms with E-state index in [-0.39, 0.29) is 0 Å². The first kappa shape index (κ1) is 9.99. The SMILES string of the molecule is Nc1c(F)cc(C=CCCl)cc1F. The van der Waals surface area contributed by atoms with E-state index in [1.807, 2.05) is 0 Å². The van der Waals surface area contributed by atoms with E-state index < -0.39 is 17.3 Å². The maximum Gasteiger partial charge on any atom is 0.149 e. The lowest BCUT2D eigenvalue weighted by Crippen LogP contribution is -1.95. The van der Waals surface area contributed by atoms with Crippen LogP contribution in [0.4, 0.5) is 14.5 Å². The van der Waals surface area contributed by atoms with Crippen LogP contribution < -0.4 is 5.73 Å². The monoisotopic (exact) mass is 203 g/mol. The number of rotatable bonds is 2. The standard InChI is InChI=1S/C9H8ClF2N/c10-3-1-2-6-4-7(11)9(13)8(12)5-6/h1-2,4-5H,3,13H2. The van der Waals surface area contributed by atoms with Crippen molar-refractivity contribution in [2.45, 2.75) is 0 Å². The summed E-state index contributed by atoms with van der Waals surface area (Å²) in [5.41, 5.74) is 5.03. The molecule has 0 bridgehead atoms. The third-order valence-electron chi connectivity index (χ3n) is 1.50. The van der Waals surface area contributed by atoms with E-state index >= 15 is 0 Å². The molecule has 0 heterocycles. The third kappa shape index (κ3) is 2.42. The summed E-state index contributed by atoms with van der Waals surface area (Å²) in [5, 5.41) is 0. The van der Waals surface area contributed by atoms with Crippen LogP contribution in [0.3, 0.4) is 0 Å². The van der Waals surface area contributed by atoms with E-state index in [9.17, 15) is 8.78 Å². The zero-order valence-electron chi connectivity index (χ0n) is 6.73. The highest BCUT2D eigenvalue weighted by molar-refractivity contribution is 6.19. The molecule has 0 aliphatic rings. The number of halogens is 3. The Morgan fingerprint density at radius 1 is 1.31 bits per heavy atom. The van der Waals surface area contributed by atoms with Crippen LogP contribution in [-0.2, 0) is 0 Å². The van der Waals surface area contributed by atoms with Gasteiger partial charge in [0.25, 0.3) is 0 Å². The number of hydrogen-bond acceptors (Lipinski definition) is 1. The number of allylic oxidation sites excluding steroid dienone is 1. The molecule has 13 heavy (non-hydrogen) atoms. The average Bonchev–Trinajstić information content (AvgIpc) is 2.10. The van der Waals surface area contributed by atoms with E-state index in [2.05, 4.69) is 0 Å². The van der Waals surface area contributed by atoms with Gasteiger partial charge in [-0.2, -0.15) is 0 Å². The Balaban J connectivity index is 3.06. The topological polar surface area (TPSA) is 26.0 Å². The van der Waals surface area contributed by atoms with Crippen molar-refractivity contribution >= 4 is 23.4 Å². The molecule has 0 aliphatic carbocycles. The summed E-state index contributed by atoms with van der Waals surface area (Å²) in [5.74, 6) is -1.21. The number of nitrogens with two attached hydrogens (primary N) is 1. The Morgan fingerprint density at radius 3 is 2.31 bits per heavy atom. The Morgan fingerprint density at radius 2 is 1.85 bits per heavy atom. The molecule has 0 atom stereocenters. The maximum absolute atomic E-state index is 12.8. The third-order valence-corrected chi connectivity index (χ3v) is 1.68. The van der Waals surface area contributed by atoms with Crippen molar-refractivity contribution in [2.24, 2.45) is 0 Å². The molecule has 0 saturated carbocycles. The smallest absolute Gasteiger partial charge is 0.149 e. The number of benzene rings is 1. The molecule has 1 aromatic carbocycles. The van der Waals surface area contributed by atoms with Gasteiger partial charge in [-0.3, -0.25) is 0 Å². The minimum atomic E-state index is -0.755. The first-order valence-corrected chi connectivity index (χ1v) is 4.15. The van der Waals surface area contributed by atoms with Crippen molar-refractivity contribution < 1.29 is 8.78 Å². The van der Waals surface area contributed by atoms with Gasteiger partial charge in [0, 0.05) is 5.88 Å². The summed E-state index contributed by atoms with van der Waals surface area (Å²) in [6, 6.07) is 2.31. The zero-order valence-corrected chi connectivity index (χ0v) is 7.48. The summed E-state index contributed by atoms with van der Waals surface area (Å²) in [6.45, 7) is 0. The van der Waals surface area contributed by atoms with Crippen LogP contribution in [0.5, 0.6) is 0 Å². The van der Waals surface area contributed by atoms with Crippen LogP contribution in [0.1, 0.15) is 5.56 Å². The van der Waals surface area contributed by atoms with Gasteiger partial charge >= 0.3 is 0 Å². The first-order valence-electron chi connectivity index (χ1n) is 3.62. The maximum atomic E-state index is 12.8. The lowest BCUT2D eigenvalue weighted by Gasteiger charge is -1.99. The largest absolute Gasteiger partial charge is 0.394 e. The summed E-state index contributed by atoms with van der Waals surface area (Å²) >= 11 is 5.36. The fourth-order valence-corrected chi connectivity index (χ4v) is 0.970. The fraction of sp³-hybridized carbons (Fsp3) is 0.111. The highest BCUT2D eigenvalue weighted by atomic mass is 35.5. The highest BCUT2D eigenvalue weighted by Gasteiger charge is 2.05. The molecule has 1 nitrogen and oxygen atoms in total. The molecule has 0 radical (unpaired) electrons. The molecule has 0 saturated heterocycles. The van der Waals surface area contributed by atoms with Gasteiger partial charge < -0.3 is 5.73 Å². The predicted molar refractivity (Wildman–Crippen MR) is 50.5 cm³/mol. The molecule has 70 valence electrons. The molecule has 4 heteroatoms. The fourth-order valence-electron chi connectivity index (χ4n) is 0.881. The molecule has 0 unspecified atom stereocenters. The van der Waals surface area contributed by atoms with Gasteiger partial charge in [0.05, 0.1) is 0 Å². The average molecular weight is 204 g/mol. The van der Waals surface area contributed by atoms with Crippen molar-refractivity contribution in [1.82, 2.24) is 0 Å². The van der Waals surface area contributed by atoms with Crippen LogP contribution in [0, 0.1) is 11.6 Å². The molecular weight excluding hydrogens is 196 g/mol. The van der Waals surface area contributed by atoms with E-state index in [0.717, 1.165) is 12.1 Å². The Hall–Kier alpha value is -1.09. The van der Waals surface area contributed by atoms with Crippen molar-refractivity contribution in [3.8, 4) is 0 Å². The molecule has 0 fully saturated rings. The van der Waals surface area contributed by atoms with E-state index in [1.165, 1.54) is 6.08 Å². The van der Waals surface area contributed by atoms with Crippen molar-refractivity contribution in [2.75, 3.05) is 11.6 Å². The van der Waals surface area contributed by atoms with E-state index in [1.54, 1.807) is 6.08 Å². The Labute approximate surface area is 79.8 Å². The summed E-state index contributed by atoms with van der Waals surface area (Å²) in [6.07, 6.45) is 3.12. The summed E-state index contributed by atoms with van der Waals surface area (Å²) in [4.78, 5) is 0. The van der Waals surface area contributed by atoms with Crippen LogP contribution in [0.2, 0.25) is 0 Å². The van der Waals surface area contributed by atoms with Crippen LogP contribution >= 0.6 is 11.6 Å².